The summed E-state index contributed by atoms with van der Waals surface area (Å²) in [5.41, 5.74) is 2.14. The van der Waals surface area contributed by atoms with Gasteiger partial charge < -0.3 is 4.74 Å². The van der Waals surface area contributed by atoms with Gasteiger partial charge in [0, 0.05) is 23.5 Å². The molecule has 0 radical (unpaired) electrons. The molecule has 0 fully saturated rings. The van der Waals surface area contributed by atoms with Crippen LogP contribution < -0.4 is 4.74 Å². The molecule has 0 N–H and O–H groups in total. The lowest BCUT2D eigenvalue weighted by Gasteiger charge is -2.19. The van der Waals surface area contributed by atoms with Gasteiger partial charge in [0.2, 0.25) is 0 Å². The Balaban J connectivity index is 1.26. The van der Waals surface area contributed by atoms with Gasteiger partial charge in [-0.3, -0.25) is 0 Å². The summed E-state index contributed by atoms with van der Waals surface area (Å²) < 4.78 is 77.5. The summed E-state index contributed by atoms with van der Waals surface area (Å²) in [5, 5.41) is -0.669. The molecule has 0 amide bonds. The zero-order chi connectivity index (χ0) is 30.6. The second kappa shape index (κ2) is 12.8. The molecule has 0 saturated carbocycles. The number of rotatable bonds is 9. The van der Waals surface area contributed by atoms with Crippen molar-refractivity contribution >= 4 is 11.6 Å². The second-order valence-corrected chi connectivity index (χ2v) is 10.1. The molecule has 4 aromatic carbocycles. The third-order valence-electron chi connectivity index (χ3n) is 6.72. The van der Waals surface area contributed by atoms with E-state index in [1.807, 2.05) is 13.0 Å². The van der Waals surface area contributed by atoms with Crippen molar-refractivity contribution in [2.24, 2.45) is 0 Å². The summed E-state index contributed by atoms with van der Waals surface area (Å²) in [6.07, 6.45) is 5.56. The van der Waals surface area contributed by atoms with Crippen molar-refractivity contribution < 1.29 is 26.7 Å². The van der Waals surface area contributed by atoms with Gasteiger partial charge in [0.1, 0.15) is 28.2 Å². The number of aromatic nitrogens is 2. The number of ether oxygens (including phenoxy) is 1. The normalized spacial score (nSPS) is 11.7. The Labute approximate surface area is 250 Å². The maximum Gasteiger partial charge on any atom is 0.426 e. The minimum absolute atomic E-state index is 0.0106. The summed E-state index contributed by atoms with van der Waals surface area (Å²) >= 11 is 5.51. The van der Waals surface area contributed by atoms with Crippen LogP contribution in [0.2, 0.25) is 5.02 Å². The van der Waals surface area contributed by atoms with Crippen molar-refractivity contribution in [1.29, 1.82) is 0 Å². The maximum atomic E-state index is 15.0. The predicted molar refractivity (Wildman–Crippen MR) is 157 cm³/mol. The molecule has 0 aliphatic heterocycles. The lowest BCUT2D eigenvalue weighted by molar-refractivity contribution is -0.185. The number of nitrogens with zero attached hydrogens (tertiary/aromatic N) is 2. The number of aryl methyl sites for hydroxylation is 1. The summed E-state index contributed by atoms with van der Waals surface area (Å²) in [7, 11) is 0. The monoisotopic (exact) mass is 606 g/mol. The molecule has 0 spiro atoms. The zero-order valence-corrected chi connectivity index (χ0v) is 23.6. The molecule has 0 unspecified atom stereocenters. The van der Waals surface area contributed by atoms with Gasteiger partial charge in [0.05, 0.1) is 5.56 Å². The second-order valence-electron chi connectivity index (χ2n) is 9.69. The van der Waals surface area contributed by atoms with Crippen LogP contribution in [0.15, 0.2) is 103 Å². The van der Waals surface area contributed by atoms with E-state index in [1.54, 1.807) is 18.5 Å². The van der Waals surface area contributed by atoms with E-state index in [1.165, 1.54) is 60.7 Å². The molecule has 1 heterocycles. The third kappa shape index (κ3) is 6.92. The fraction of sp³-hybridized carbons (Fsp3) is 0.118. The lowest BCUT2D eigenvalue weighted by atomic mass is 9.99. The van der Waals surface area contributed by atoms with E-state index in [-0.39, 0.29) is 22.4 Å². The fourth-order valence-corrected chi connectivity index (χ4v) is 4.53. The van der Waals surface area contributed by atoms with Gasteiger partial charge in [-0.1, -0.05) is 60.2 Å². The zero-order valence-electron chi connectivity index (χ0n) is 22.8. The van der Waals surface area contributed by atoms with E-state index in [4.69, 9.17) is 16.3 Å². The van der Waals surface area contributed by atoms with Crippen LogP contribution >= 0.6 is 11.6 Å². The molecule has 218 valence electrons. The summed E-state index contributed by atoms with van der Waals surface area (Å²) in [5.74, 6) is -2.39. The van der Waals surface area contributed by atoms with Crippen LogP contribution in [0, 0.1) is 17.5 Å². The number of halogens is 6. The van der Waals surface area contributed by atoms with Crippen LogP contribution in [0.25, 0.3) is 33.6 Å². The van der Waals surface area contributed by atoms with Crippen molar-refractivity contribution in [3.8, 4) is 39.4 Å². The van der Waals surface area contributed by atoms with E-state index < -0.39 is 28.6 Å². The number of hydrogen-bond acceptors (Lipinski definition) is 3. The number of hydrogen-bond donors (Lipinski definition) is 0. The number of allylic oxidation sites excluding steroid dienone is 2. The van der Waals surface area contributed by atoms with Gasteiger partial charge in [-0.2, -0.15) is 8.78 Å². The average molecular weight is 607 g/mol. The molecule has 5 rings (SSSR count). The maximum absolute atomic E-state index is 15.0. The van der Waals surface area contributed by atoms with Crippen molar-refractivity contribution in [2.75, 3.05) is 0 Å². The van der Waals surface area contributed by atoms with E-state index in [0.29, 0.717) is 22.5 Å². The van der Waals surface area contributed by atoms with Gasteiger partial charge in [0.25, 0.3) is 0 Å². The summed E-state index contributed by atoms with van der Waals surface area (Å²) in [4.78, 5) is 8.69. The van der Waals surface area contributed by atoms with Crippen LogP contribution in [0.4, 0.5) is 22.0 Å². The molecule has 0 bridgehead atoms. The van der Waals surface area contributed by atoms with E-state index in [0.717, 1.165) is 30.5 Å². The van der Waals surface area contributed by atoms with Crippen molar-refractivity contribution in [3.05, 3.63) is 137 Å². The number of alkyl halides is 2. The Morgan fingerprint density at radius 3 is 1.93 bits per heavy atom. The van der Waals surface area contributed by atoms with Gasteiger partial charge in [-0.15, -0.1) is 0 Å². The third-order valence-corrected chi connectivity index (χ3v) is 7.08. The van der Waals surface area contributed by atoms with Crippen LogP contribution in [-0.2, 0) is 12.5 Å². The molecule has 0 saturated heterocycles. The first-order valence-electron chi connectivity index (χ1n) is 13.3. The molecule has 0 aliphatic carbocycles. The quantitative estimate of drug-likeness (QED) is 0.0951. The molecule has 0 atom stereocenters. The summed E-state index contributed by atoms with van der Waals surface area (Å²) in [6, 6.07) is 17.2. The SMILES string of the molecule is C/C=C/CCc1cnc(-c2ccc(C(F)(F)Oc3ccc(-c4ccc(-c5cc(F)c(Cl)c(F)c5)c(F)c4)cc3)cc2)nc1. The minimum Gasteiger partial charge on any atom is -0.429 e. The predicted octanol–water partition coefficient (Wildman–Crippen LogP) is 10.2. The molecular formula is C34H24ClF5N2O. The van der Waals surface area contributed by atoms with E-state index in [2.05, 4.69) is 16.0 Å². The molecule has 0 aliphatic rings. The van der Waals surface area contributed by atoms with E-state index in [9.17, 15) is 22.0 Å². The van der Waals surface area contributed by atoms with Crippen molar-refractivity contribution in [3.63, 3.8) is 0 Å². The average Bonchev–Trinajstić information content (AvgIpc) is 3.00. The van der Waals surface area contributed by atoms with Crippen LogP contribution in [0.1, 0.15) is 24.5 Å². The Hall–Kier alpha value is -4.56. The lowest BCUT2D eigenvalue weighted by Crippen LogP contribution is -2.21. The highest BCUT2D eigenvalue weighted by molar-refractivity contribution is 6.31. The molecule has 1 aromatic heterocycles. The van der Waals surface area contributed by atoms with Crippen LogP contribution in [0.3, 0.4) is 0 Å². The van der Waals surface area contributed by atoms with Crippen LogP contribution in [0.5, 0.6) is 5.75 Å². The van der Waals surface area contributed by atoms with Gasteiger partial charge in [0.15, 0.2) is 5.82 Å². The molecule has 5 aromatic rings. The van der Waals surface area contributed by atoms with Crippen LogP contribution in [-0.4, -0.2) is 9.97 Å². The molecule has 9 heteroatoms. The Bertz CT molecular complexity index is 1730. The highest BCUT2D eigenvalue weighted by atomic mass is 35.5. The molecule has 43 heavy (non-hydrogen) atoms. The highest BCUT2D eigenvalue weighted by Gasteiger charge is 2.34. The number of benzene rings is 4. The highest BCUT2D eigenvalue weighted by Crippen LogP contribution is 2.35. The van der Waals surface area contributed by atoms with Crippen molar-refractivity contribution in [1.82, 2.24) is 9.97 Å². The molecular weight excluding hydrogens is 583 g/mol. The topological polar surface area (TPSA) is 35.0 Å². The minimum atomic E-state index is -3.63. The fourth-order valence-electron chi connectivity index (χ4n) is 4.43. The summed E-state index contributed by atoms with van der Waals surface area (Å²) in [6.45, 7) is 1.96. The van der Waals surface area contributed by atoms with Gasteiger partial charge in [-0.25, -0.2) is 23.1 Å². The van der Waals surface area contributed by atoms with Gasteiger partial charge in [-0.05, 0) is 84.5 Å². The smallest absolute Gasteiger partial charge is 0.426 e. The largest absolute Gasteiger partial charge is 0.429 e. The Kier molecular flexibility index (Phi) is 8.87. The first kappa shape index (κ1) is 29.9. The van der Waals surface area contributed by atoms with Crippen molar-refractivity contribution in [2.45, 2.75) is 25.9 Å². The van der Waals surface area contributed by atoms with E-state index >= 15 is 0 Å². The Morgan fingerprint density at radius 1 is 0.744 bits per heavy atom. The van der Waals surface area contributed by atoms with Gasteiger partial charge >= 0.3 is 6.11 Å². The molecule has 3 nitrogen and oxygen atoms in total. The Morgan fingerprint density at radius 2 is 1.33 bits per heavy atom. The standard InChI is InChI=1S/C34H24ClF5N2O/c1-2-3-4-5-21-19-41-33(42-20-21)23-6-11-26(12-7-23)34(39,40)43-27-13-8-22(9-14-27)24-10-15-28(29(36)16-24)25-17-30(37)32(35)31(38)18-25/h2-3,6-20H,4-5H2,1H3/b3-2+. The first-order chi connectivity index (χ1) is 20.6. The first-order valence-corrected chi connectivity index (χ1v) is 13.7.